The van der Waals surface area contributed by atoms with Gasteiger partial charge in [0, 0.05) is 23.3 Å². The van der Waals surface area contributed by atoms with Crippen LogP contribution in [0.2, 0.25) is 0 Å². The molecule has 0 heterocycles. The largest absolute Gasteiger partial charge is 0.391 e. The highest BCUT2D eigenvalue weighted by molar-refractivity contribution is 5.83. The fourth-order valence-electron chi connectivity index (χ4n) is 7.06. The summed E-state index contributed by atoms with van der Waals surface area (Å²) in [5.41, 5.74) is 10.3. The lowest BCUT2D eigenvalue weighted by molar-refractivity contribution is -0.159. The van der Waals surface area contributed by atoms with Gasteiger partial charge in [0.25, 0.3) is 0 Å². The first-order chi connectivity index (χ1) is 12.5. The molecule has 3 aliphatic carbocycles. The predicted molar refractivity (Wildman–Crippen MR) is 102 cm³/mol. The van der Waals surface area contributed by atoms with Gasteiger partial charge in [-0.1, -0.05) is 26.0 Å². The number of hydrogen-bond acceptors (Lipinski definition) is 5. The van der Waals surface area contributed by atoms with Crippen molar-refractivity contribution in [1.82, 2.24) is 0 Å². The SMILES string of the molecule is C=CC1(C)/C(=C\C)[C@@H](F)CC2(N)C3CCC(C(=O)CO)C3(C)CC(O)[C@]12N. The van der Waals surface area contributed by atoms with Crippen LogP contribution in [0.1, 0.15) is 46.5 Å². The molecule has 8 atom stereocenters. The minimum absolute atomic E-state index is 0.00392. The van der Waals surface area contributed by atoms with E-state index in [-0.39, 0.29) is 18.1 Å². The lowest BCUT2D eigenvalue weighted by Crippen LogP contribution is -2.86. The fourth-order valence-corrected chi connectivity index (χ4v) is 7.06. The van der Waals surface area contributed by atoms with Gasteiger partial charge in [0.15, 0.2) is 5.78 Å². The average molecular weight is 381 g/mol. The van der Waals surface area contributed by atoms with Gasteiger partial charge in [-0.05, 0) is 43.1 Å². The molecule has 27 heavy (non-hydrogen) atoms. The fraction of sp³-hybridized carbons (Fsp3) is 0.762. The summed E-state index contributed by atoms with van der Waals surface area (Å²) < 4.78 is 15.3. The second-order valence-electron chi connectivity index (χ2n) is 9.26. The van der Waals surface area contributed by atoms with E-state index < -0.39 is 46.7 Å². The molecule has 5 nitrogen and oxygen atoms in total. The Balaban J connectivity index is 2.20. The maximum Gasteiger partial charge on any atom is 0.161 e. The Morgan fingerprint density at radius 1 is 1.33 bits per heavy atom. The summed E-state index contributed by atoms with van der Waals surface area (Å²) in [5, 5.41) is 20.7. The number of fused-ring (bicyclic) bond motifs is 3. The van der Waals surface area contributed by atoms with E-state index >= 15 is 4.39 Å². The number of carbonyl (C=O) groups excluding carboxylic acids is 1. The average Bonchev–Trinajstić information content (AvgIpc) is 2.96. The number of rotatable bonds is 3. The number of allylic oxidation sites excluding steroid dienone is 1. The summed E-state index contributed by atoms with van der Waals surface area (Å²) in [5.74, 6) is -0.869. The van der Waals surface area contributed by atoms with Crippen molar-refractivity contribution in [1.29, 1.82) is 0 Å². The lowest BCUT2D eigenvalue weighted by atomic mass is 9.40. The van der Waals surface area contributed by atoms with E-state index in [0.717, 1.165) is 0 Å². The van der Waals surface area contributed by atoms with E-state index in [1.54, 1.807) is 26.0 Å². The van der Waals surface area contributed by atoms with Crippen LogP contribution >= 0.6 is 0 Å². The van der Waals surface area contributed by atoms with Gasteiger partial charge >= 0.3 is 0 Å². The van der Waals surface area contributed by atoms with Crippen LogP contribution in [0.4, 0.5) is 4.39 Å². The van der Waals surface area contributed by atoms with Crippen molar-refractivity contribution in [2.45, 2.75) is 69.8 Å². The number of ketones is 1. The Hall–Kier alpha value is -1.08. The molecule has 3 saturated carbocycles. The highest BCUT2D eigenvalue weighted by Crippen LogP contribution is 2.67. The molecular formula is C21H33FN2O3. The number of aliphatic hydroxyl groups is 2. The van der Waals surface area contributed by atoms with Crippen LogP contribution in [-0.4, -0.2) is 46.0 Å². The molecule has 0 saturated heterocycles. The molecule has 0 amide bonds. The second kappa shape index (κ2) is 6.21. The van der Waals surface area contributed by atoms with Crippen molar-refractivity contribution in [3.05, 3.63) is 24.3 Å². The van der Waals surface area contributed by atoms with Crippen molar-refractivity contribution in [2.75, 3.05) is 6.61 Å². The number of halogens is 1. The summed E-state index contributed by atoms with van der Waals surface area (Å²) >= 11 is 0. The maximum absolute atomic E-state index is 15.3. The van der Waals surface area contributed by atoms with E-state index in [1.807, 2.05) is 6.92 Å². The van der Waals surface area contributed by atoms with Crippen LogP contribution in [0.25, 0.3) is 0 Å². The standard InChI is InChI=1S/C21H33FN2O3/c1-5-12-14(22)9-20(23)16-8-7-13(15(26)11-25)18(16,3)10-17(27)21(20,24)19(12,4)6-2/h5-6,13-14,16-17,25,27H,2,7-11,23-24H2,1,3-4H3/b12-5-/t13?,14-,16?,17?,18?,19?,20?,21-/m0/s1. The molecule has 0 spiro atoms. The molecule has 3 aliphatic rings. The van der Waals surface area contributed by atoms with Gasteiger partial charge in [0.1, 0.15) is 12.8 Å². The molecule has 6 N–H and O–H groups in total. The third-order valence-corrected chi connectivity index (χ3v) is 8.46. The Bertz CT molecular complexity index is 697. The smallest absolute Gasteiger partial charge is 0.161 e. The Labute approximate surface area is 160 Å². The van der Waals surface area contributed by atoms with Crippen LogP contribution in [-0.2, 0) is 4.79 Å². The maximum atomic E-state index is 15.3. The number of carbonyl (C=O) groups is 1. The predicted octanol–water partition coefficient (Wildman–Crippen LogP) is 1.62. The van der Waals surface area contributed by atoms with Gasteiger partial charge in [0.2, 0.25) is 0 Å². The van der Waals surface area contributed by atoms with Crippen LogP contribution < -0.4 is 11.5 Å². The van der Waals surface area contributed by atoms with E-state index in [0.29, 0.717) is 24.8 Å². The third kappa shape index (κ3) is 2.21. The quantitative estimate of drug-likeness (QED) is 0.556. The Morgan fingerprint density at radius 2 is 1.96 bits per heavy atom. The lowest BCUT2D eigenvalue weighted by Gasteiger charge is -2.69. The first-order valence-corrected chi connectivity index (χ1v) is 9.81. The Morgan fingerprint density at radius 3 is 2.48 bits per heavy atom. The van der Waals surface area contributed by atoms with Crippen molar-refractivity contribution >= 4 is 5.78 Å². The zero-order chi connectivity index (χ0) is 20.4. The minimum atomic E-state index is -1.30. The summed E-state index contributed by atoms with van der Waals surface area (Å²) in [7, 11) is 0. The van der Waals surface area contributed by atoms with Gasteiger partial charge in [-0.2, -0.15) is 0 Å². The van der Waals surface area contributed by atoms with E-state index in [2.05, 4.69) is 6.58 Å². The first-order valence-electron chi connectivity index (χ1n) is 9.81. The zero-order valence-electron chi connectivity index (χ0n) is 16.5. The van der Waals surface area contributed by atoms with E-state index in [4.69, 9.17) is 11.5 Å². The molecule has 0 aromatic heterocycles. The van der Waals surface area contributed by atoms with Crippen LogP contribution in [0.3, 0.4) is 0 Å². The van der Waals surface area contributed by atoms with Crippen LogP contribution in [0.15, 0.2) is 24.3 Å². The summed E-state index contributed by atoms with van der Waals surface area (Å²) in [6.07, 6.45) is 2.51. The summed E-state index contributed by atoms with van der Waals surface area (Å²) in [6, 6.07) is 0. The molecule has 0 aromatic carbocycles. The van der Waals surface area contributed by atoms with Crippen LogP contribution in [0, 0.1) is 22.7 Å². The molecule has 0 radical (unpaired) electrons. The normalized spacial score (nSPS) is 53.7. The number of hydrogen-bond donors (Lipinski definition) is 4. The van der Waals surface area contributed by atoms with Gasteiger partial charge in [-0.15, -0.1) is 6.58 Å². The molecule has 6 heteroatoms. The molecule has 3 fully saturated rings. The van der Waals surface area contributed by atoms with Gasteiger partial charge in [0.05, 0.1) is 11.6 Å². The number of Topliss-reactive ketones (excluding diaryl/α,β-unsaturated/α-hetero) is 1. The molecule has 3 rings (SSSR count). The van der Waals surface area contributed by atoms with Crippen molar-refractivity contribution in [3.8, 4) is 0 Å². The number of aliphatic hydroxyl groups excluding tert-OH is 2. The topological polar surface area (TPSA) is 110 Å². The summed E-state index contributed by atoms with van der Waals surface area (Å²) in [6.45, 7) is 8.88. The van der Waals surface area contributed by atoms with Gasteiger partial charge in [-0.25, -0.2) is 4.39 Å². The molecule has 6 unspecified atom stereocenters. The third-order valence-electron chi connectivity index (χ3n) is 8.46. The zero-order valence-corrected chi connectivity index (χ0v) is 16.5. The number of nitrogens with two attached hydrogens (primary N) is 2. The molecular weight excluding hydrogens is 347 g/mol. The van der Waals surface area contributed by atoms with Gasteiger partial charge in [-0.3, -0.25) is 4.79 Å². The Kier molecular flexibility index (Phi) is 4.75. The van der Waals surface area contributed by atoms with Crippen molar-refractivity contribution in [3.63, 3.8) is 0 Å². The molecule has 152 valence electrons. The minimum Gasteiger partial charge on any atom is -0.391 e. The molecule has 0 aliphatic heterocycles. The van der Waals surface area contributed by atoms with E-state index in [1.165, 1.54) is 0 Å². The van der Waals surface area contributed by atoms with Crippen LogP contribution in [0.5, 0.6) is 0 Å². The highest BCUT2D eigenvalue weighted by atomic mass is 19.1. The van der Waals surface area contributed by atoms with Crippen molar-refractivity contribution < 1.29 is 19.4 Å². The van der Waals surface area contributed by atoms with Gasteiger partial charge < -0.3 is 21.7 Å². The molecule has 0 bridgehead atoms. The highest BCUT2D eigenvalue weighted by Gasteiger charge is 2.75. The van der Waals surface area contributed by atoms with E-state index in [9.17, 15) is 15.0 Å². The summed E-state index contributed by atoms with van der Waals surface area (Å²) in [4.78, 5) is 12.4. The first kappa shape index (κ1) is 20.6. The monoisotopic (exact) mass is 380 g/mol. The second-order valence-corrected chi connectivity index (χ2v) is 9.26. The molecule has 0 aromatic rings. The van der Waals surface area contributed by atoms with Crippen molar-refractivity contribution in [2.24, 2.45) is 34.1 Å². The number of alkyl halides is 1.